The molecule has 21 heavy (non-hydrogen) atoms. The molecule has 2 saturated carbocycles. The maximum atomic E-state index is 3.89. The highest BCUT2D eigenvalue weighted by Crippen LogP contribution is 2.54. The van der Waals surface area contributed by atoms with Crippen LogP contribution in [0.25, 0.3) is 0 Å². The summed E-state index contributed by atoms with van der Waals surface area (Å²) in [6.07, 6.45) is 6.98. The number of nitrogens with one attached hydrogen (secondary N) is 1. The van der Waals surface area contributed by atoms with E-state index in [1.165, 1.54) is 32.1 Å². The second kappa shape index (κ2) is 6.12. The monoisotopic (exact) mass is 285 g/mol. The van der Waals surface area contributed by atoms with Gasteiger partial charge in [0, 0.05) is 11.5 Å². The molecule has 3 rings (SSSR count). The summed E-state index contributed by atoms with van der Waals surface area (Å²) in [5.41, 5.74) is 2.00. The minimum Gasteiger partial charge on any atom is -0.313 e. The smallest absolute Gasteiger partial charge is 0.0192 e. The Morgan fingerprint density at radius 3 is 2.38 bits per heavy atom. The van der Waals surface area contributed by atoms with Gasteiger partial charge in [0.1, 0.15) is 0 Å². The number of rotatable bonds is 5. The Labute approximate surface area is 130 Å². The van der Waals surface area contributed by atoms with Crippen LogP contribution >= 0.6 is 0 Å². The topological polar surface area (TPSA) is 12.0 Å². The van der Waals surface area contributed by atoms with Crippen LogP contribution in [0.1, 0.15) is 58.4 Å². The van der Waals surface area contributed by atoms with E-state index in [1.807, 2.05) is 0 Å². The maximum Gasteiger partial charge on any atom is 0.0192 e. The zero-order chi connectivity index (χ0) is 14.9. The van der Waals surface area contributed by atoms with Gasteiger partial charge in [-0.05, 0) is 55.5 Å². The van der Waals surface area contributed by atoms with Gasteiger partial charge < -0.3 is 5.32 Å². The van der Waals surface area contributed by atoms with Crippen LogP contribution in [0.5, 0.6) is 0 Å². The second-order valence-electron chi connectivity index (χ2n) is 7.59. The summed E-state index contributed by atoms with van der Waals surface area (Å²) in [4.78, 5) is 0. The second-order valence-corrected chi connectivity index (χ2v) is 7.59. The van der Waals surface area contributed by atoms with Crippen LogP contribution in [-0.4, -0.2) is 12.6 Å². The van der Waals surface area contributed by atoms with Gasteiger partial charge in [-0.3, -0.25) is 0 Å². The quantitative estimate of drug-likeness (QED) is 0.822. The number of likely N-dealkylation sites (N-methyl/N-ethyl adjacent to an activating group) is 1. The third kappa shape index (κ3) is 2.90. The van der Waals surface area contributed by atoms with Crippen LogP contribution in [0.2, 0.25) is 0 Å². The molecular weight excluding hydrogens is 254 g/mol. The van der Waals surface area contributed by atoms with Crippen molar-refractivity contribution in [2.45, 2.75) is 64.3 Å². The molecule has 2 fully saturated rings. The molecule has 1 aromatic carbocycles. The number of hydrogen-bond acceptors (Lipinski definition) is 1. The maximum absolute atomic E-state index is 3.89. The lowest BCUT2D eigenvalue weighted by molar-refractivity contribution is 0.153. The van der Waals surface area contributed by atoms with Crippen molar-refractivity contribution in [3.63, 3.8) is 0 Å². The van der Waals surface area contributed by atoms with Gasteiger partial charge in [-0.15, -0.1) is 0 Å². The average molecular weight is 285 g/mol. The van der Waals surface area contributed by atoms with Crippen molar-refractivity contribution in [2.75, 3.05) is 6.54 Å². The average Bonchev–Trinajstić information content (AvgIpc) is 3.30. The zero-order valence-electron chi connectivity index (χ0n) is 13.9. The predicted molar refractivity (Wildman–Crippen MR) is 90.5 cm³/mol. The van der Waals surface area contributed by atoms with E-state index in [2.05, 4.69) is 56.4 Å². The third-order valence-electron chi connectivity index (χ3n) is 6.27. The van der Waals surface area contributed by atoms with Crippen molar-refractivity contribution in [3.8, 4) is 0 Å². The Bertz CT molecular complexity index is 448. The molecule has 4 unspecified atom stereocenters. The minimum atomic E-state index is 0.433. The minimum absolute atomic E-state index is 0.433. The molecule has 2 aliphatic rings. The van der Waals surface area contributed by atoms with E-state index in [9.17, 15) is 0 Å². The van der Waals surface area contributed by atoms with Gasteiger partial charge in [-0.1, -0.05) is 57.5 Å². The largest absolute Gasteiger partial charge is 0.313 e. The molecule has 0 aromatic heterocycles. The Morgan fingerprint density at radius 1 is 1.10 bits per heavy atom. The Hall–Kier alpha value is -0.820. The highest BCUT2D eigenvalue weighted by Gasteiger charge is 2.53. The summed E-state index contributed by atoms with van der Waals surface area (Å²) in [7, 11) is 0. The molecule has 0 spiro atoms. The summed E-state index contributed by atoms with van der Waals surface area (Å²) < 4.78 is 0. The molecule has 0 amide bonds. The molecule has 2 aliphatic carbocycles. The SMILES string of the molecule is CCNC(C1CCC(C)C(C)C1)C1(c2ccccc2)CC1. The molecule has 1 aromatic rings. The molecule has 1 nitrogen and oxygen atoms in total. The zero-order valence-corrected chi connectivity index (χ0v) is 13.9. The normalized spacial score (nSPS) is 32.6. The summed E-state index contributed by atoms with van der Waals surface area (Å²) in [5, 5.41) is 3.89. The number of benzene rings is 1. The molecule has 0 radical (unpaired) electrons. The molecule has 116 valence electrons. The molecule has 0 heterocycles. The number of hydrogen-bond donors (Lipinski definition) is 1. The van der Waals surface area contributed by atoms with E-state index in [-0.39, 0.29) is 0 Å². The van der Waals surface area contributed by atoms with E-state index in [4.69, 9.17) is 0 Å². The van der Waals surface area contributed by atoms with Crippen LogP contribution in [0.4, 0.5) is 0 Å². The van der Waals surface area contributed by atoms with Crippen molar-refractivity contribution in [3.05, 3.63) is 35.9 Å². The fourth-order valence-corrected chi connectivity index (χ4v) is 4.61. The first-order valence-corrected chi connectivity index (χ1v) is 8.96. The lowest BCUT2D eigenvalue weighted by atomic mass is 9.68. The Balaban J connectivity index is 1.82. The lowest BCUT2D eigenvalue weighted by Gasteiger charge is -2.41. The van der Waals surface area contributed by atoms with E-state index in [0.717, 1.165) is 24.3 Å². The van der Waals surface area contributed by atoms with Crippen molar-refractivity contribution < 1.29 is 0 Å². The highest BCUT2D eigenvalue weighted by molar-refractivity contribution is 5.34. The summed E-state index contributed by atoms with van der Waals surface area (Å²) in [6.45, 7) is 8.26. The fraction of sp³-hybridized carbons (Fsp3) is 0.700. The van der Waals surface area contributed by atoms with E-state index >= 15 is 0 Å². The van der Waals surface area contributed by atoms with Crippen molar-refractivity contribution in [2.24, 2.45) is 17.8 Å². The Kier molecular flexibility index (Phi) is 4.40. The lowest BCUT2D eigenvalue weighted by Crippen LogP contribution is -2.47. The van der Waals surface area contributed by atoms with Gasteiger partial charge in [-0.2, -0.15) is 0 Å². The highest BCUT2D eigenvalue weighted by atomic mass is 15.0. The molecule has 0 saturated heterocycles. The van der Waals surface area contributed by atoms with E-state index in [0.29, 0.717) is 11.5 Å². The van der Waals surface area contributed by atoms with Crippen LogP contribution in [0, 0.1) is 17.8 Å². The predicted octanol–water partition coefficient (Wildman–Crippen LogP) is 4.77. The molecule has 0 aliphatic heterocycles. The summed E-state index contributed by atoms with van der Waals surface area (Å²) >= 11 is 0. The standard InChI is InChI=1S/C20H31N/c1-4-21-19(17-11-10-15(2)16(3)14-17)20(12-13-20)18-8-6-5-7-9-18/h5-9,15-17,19,21H,4,10-14H2,1-3H3. The fourth-order valence-electron chi connectivity index (χ4n) is 4.61. The van der Waals surface area contributed by atoms with Gasteiger partial charge >= 0.3 is 0 Å². The first-order valence-electron chi connectivity index (χ1n) is 8.96. The first kappa shape index (κ1) is 15.1. The van der Waals surface area contributed by atoms with Crippen LogP contribution in [0.15, 0.2) is 30.3 Å². The van der Waals surface area contributed by atoms with Crippen LogP contribution in [-0.2, 0) is 5.41 Å². The van der Waals surface area contributed by atoms with E-state index < -0.39 is 0 Å². The van der Waals surface area contributed by atoms with Crippen LogP contribution in [0.3, 0.4) is 0 Å². The van der Waals surface area contributed by atoms with Crippen molar-refractivity contribution >= 4 is 0 Å². The molecule has 0 bridgehead atoms. The first-order chi connectivity index (χ1) is 10.2. The van der Waals surface area contributed by atoms with E-state index in [1.54, 1.807) is 5.56 Å². The van der Waals surface area contributed by atoms with Gasteiger partial charge in [0.2, 0.25) is 0 Å². The summed E-state index contributed by atoms with van der Waals surface area (Å²) in [5.74, 6) is 2.66. The van der Waals surface area contributed by atoms with Gasteiger partial charge in [0.25, 0.3) is 0 Å². The van der Waals surface area contributed by atoms with Gasteiger partial charge in [0.05, 0.1) is 0 Å². The summed E-state index contributed by atoms with van der Waals surface area (Å²) in [6, 6.07) is 12.0. The van der Waals surface area contributed by atoms with Crippen molar-refractivity contribution in [1.82, 2.24) is 5.32 Å². The van der Waals surface area contributed by atoms with Crippen LogP contribution < -0.4 is 5.32 Å². The third-order valence-corrected chi connectivity index (χ3v) is 6.27. The molecular formula is C20H31N. The van der Waals surface area contributed by atoms with Gasteiger partial charge in [0.15, 0.2) is 0 Å². The molecule has 4 atom stereocenters. The molecule has 1 N–H and O–H groups in total. The Morgan fingerprint density at radius 2 is 1.81 bits per heavy atom. The van der Waals surface area contributed by atoms with Crippen molar-refractivity contribution in [1.29, 1.82) is 0 Å². The van der Waals surface area contributed by atoms with Gasteiger partial charge in [-0.25, -0.2) is 0 Å². The molecule has 1 heteroatoms.